The van der Waals surface area contributed by atoms with E-state index in [2.05, 4.69) is 31.3 Å². The van der Waals surface area contributed by atoms with Gasteiger partial charge in [0.25, 0.3) is 0 Å². The van der Waals surface area contributed by atoms with Gasteiger partial charge >= 0.3 is 6.18 Å². The molecule has 0 saturated carbocycles. The van der Waals surface area contributed by atoms with Gasteiger partial charge in [-0.3, -0.25) is 0 Å². The average Bonchev–Trinajstić information content (AvgIpc) is 2.64. The minimum absolute atomic E-state index is 0.275. The predicted molar refractivity (Wildman–Crippen MR) is 99.4 cm³/mol. The third-order valence-electron chi connectivity index (χ3n) is 5.39. The molecule has 4 heteroatoms. The van der Waals surface area contributed by atoms with E-state index in [1.54, 1.807) is 12.1 Å². The molecule has 26 heavy (non-hydrogen) atoms. The van der Waals surface area contributed by atoms with Gasteiger partial charge in [-0.1, -0.05) is 38.1 Å². The Morgan fingerprint density at radius 3 is 2.27 bits per heavy atom. The van der Waals surface area contributed by atoms with Gasteiger partial charge < -0.3 is 5.32 Å². The van der Waals surface area contributed by atoms with Crippen molar-refractivity contribution in [3.8, 4) is 0 Å². The molecule has 2 aromatic carbocycles. The summed E-state index contributed by atoms with van der Waals surface area (Å²) in [5.74, 6) is 0. The lowest BCUT2D eigenvalue weighted by Crippen LogP contribution is -2.30. The molecule has 0 unspecified atom stereocenters. The number of benzene rings is 2. The Labute approximate surface area is 153 Å². The molecular formula is C22H26F3N. The summed E-state index contributed by atoms with van der Waals surface area (Å²) in [5.41, 5.74) is 6.02. The van der Waals surface area contributed by atoms with E-state index in [-0.39, 0.29) is 6.04 Å². The number of hydrogen-bond acceptors (Lipinski definition) is 1. The Morgan fingerprint density at radius 1 is 1.00 bits per heavy atom. The lowest BCUT2D eigenvalue weighted by Gasteiger charge is -2.29. The first kappa shape index (κ1) is 19.0. The zero-order valence-corrected chi connectivity index (χ0v) is 15.4. The van der Waals surface area contributed by atoms with Crippen LogP contribution in [0.15, 0.2) is 36.4 Å². The molecule has 1 nitrogen and oxygen atoms in total. The fourth-order valence-corrected chi connectivity index (χ4v) is 3.88. The highest BCUT2D eigenvalue weighted by Crippen LogP contribution is 2.31. The van der Waals surface area contributed by atoms with E-state index in [0.29, 0.717) is 0 Å². The highest BCUT2D eigenvalue weighted by atomic mass is 19.4. The summed E-state index contributed by atoms with van der Waals surface area (Å²) < 4.78 is 38.1. The highest BCUT2D eigenvalue weighted by Gasteiger charge is 2.30. The molecule has 0 aliphatic carbocycles. The van der Waals surface area contributed by atoms with Gasteiger partial charge in [0.15, 0.2) is 0 Å². The highest BCUT2D eigenvalue weighted by molar-refractivity contribution is 5.42. The van der Waals surface area contributed by atoms with Gasteiger partial charge in [0.1, 0.15) is 0 Å². The number of fused-ring (bicyclic) bond motifs is 1. The van der Waals surface area contributed by atoms with E-state index in [4.69, 9.17) is 0 Å². The van der Waals surface area contributed by atoms with Gasteiger partial charge in [0.05, 0.1) is 5.56 Å². The molecule has 1 heterocycles. The Morgan fingerprint density at radius 2 is 1.65 bits per heavy atom. The molecule has 0 aromatic heterocycles. The van der Waals surface area contributed by atoms with Crippen LogP contribution in [0.4, 0.5) is 13.2 Å². The van der Waals surface area contributed by atoms with Crippen molar-refractivity contribution in [3.05, 3.63) is 69.8 Å². The Balaban J connectivity index is 1.74. The van der Waals surface area contributed by atoms with Crippen molar-refractivity contribution in [1.29, 1.82) is 0 Å². The second-order valence-corrected chi connectivity index (χ2v) is 7.02. The zero-order chi connectivity index (χ0) is 18.7. The number of nitrogens with one attached hydrogen (secondary N) is 1. The molecule has 1 aliphatic heterocycles. The van der Waals surface area contributed by atoms with Crippen LogP contribution in [0.2, 0.25) is 0 Å². The van der Waals surface area contributed by atoms with E-state index in [0.717, 1.165) is 44.2 Å². The SMILES string of the molecule is CCc1cc2c(cc1CC)[C@H](CCc1ccc(C(F)(F)F)cc1)NCC2. The molecular weight excluding hydrogens is 335 g/mol. The second-order valence-electron chi connectivity index (χ2n) is 7.02. The van der Waals surface area contributed by atoms with Gasteiger partial charge in [-0.25, -0.2) is 0 Å². The Hall–Kier alpha value is -1.81. The molecule has 0 spiro atoms. The molecule has 1 aliphatic rings. The minimum atomic E-state index is -4.27. The van der Waals surface area contributed by atoms with Crippen molar-refractivity contribution < 1.29 is 13.2 Å². The van der Waals surface area contributed by atoms with E-state index < -0.39 is 11.7 Å². The van der Waals surface area contributed by atoms with Crippen LogP contribution in [0.5, 0.6) is 0 Å². The van der Waals surface area contributed by atoms with Crippen molar-refractivity contribution in [2.75, 3.05) is 6.54 Å². The number of aryl methyl sites for hydroxylation is 3. The molecule has 0 fully saturated rings. The summed E-state index contributed by atoms with van der Waals surface area (Å²) in [6.07, 6.45) is 0.528. The van der Waals surface area contributed by atoms with Crippen LogP contribution in [0.1, 0.15) is 59.7 Å². The molecule has 3 rings (SSSR count). The molecule has 1 N–H and O–H groups in total. The maximum Gasteiger partial charge on any atom is 0.416 e. The Kier molecular flexibility index (Phi) is 5.71. The average molecular weight is 361 g/mol. The summed E-state index contributed by atoms with van der Waals surface area (Å²) in [4.78, 5) is 0. The van der Waals surface area contributed by atoms with Gasteiger partial charge in [-0.2, -0.15) is 13.2 Å². The number of hydrogen-bond donors (Lipinski definition) is 1. The Bertz CT molecular complexity index is 747. The van der Waals surface area contributed by atoms with Gasteiger partial charge in [0, 0.05) is 6.04 Å². The standard InChI is InChI=1S/C22H26F3N/c1-3-16-13-18-11-12-26-21(20(18)14-17(16)4-2)10-7-15-5-8-19(9-6-15)22(23,24)25/h5-6,8-9,13-14,21,26H,3-4,7,10-12H2,1-2H3/t21-/m0/s1. The lowest BCUT2D eigenvalue weighted by atomic mass is 9.86. The molecule has 0 radical (unpaired) electrons. The molecule has 0 saturated heterocycles. The van der Waals surface area contributed by atoms with Crippen LogP contribution in [0, 0.1) is 0 Å². The lowest BCUT2D eigenvalue weighted by molar-refractivity contribution is -0.137. The fraction of sp³-hybridized carbons (Fsp3) is 0.455. The van der Waals surface area contributed by atoms with Crippen molar-refractivity contribution in [2.45, 2.75) is 58.2 Å². The van der Waals surface area contributed by atoms with Crippen molar-refractivity contribution >= 4 is 0 Å². The first-order valence-electron chi connectivity index (χ1n) is 9.46. The van der Waals surface area contributed by atoms with E-state index in [9.17, 15) is 13.2 Å². The molecule has 140 valence electrons. The van der Waals surface area contributed by atoms with Crippen molar-refractivity contribution in [1.82, 2.24) is 5.32 Å². The quantitative estimate of drug-likeness (QED) is 0.726. The fourth-order valence-electron chi connectivity index (χ4n) is 3.88. The summed E-state index contributed by atoms with van der Waals surface area (Å²) >= 11 is 0. The van der Waals surface area contributed by atoms with Gasteiger partial charge in [-0.15, -0.1) is 0 Å². The normalized spacial score (nSPS) is 17.2. The molecule has 0 amide bonds. The van der Waals surface area contributed by atoms with Gasteiger partial charge in [-0.05, 0) is 78.6 Å². The monoisotopic (exact) mass is 361 g/mol. The first-order valence-corrected chi connectivity index (χ1v) is 9.46. The first-order chi connectivity index (χ1) is 12.4. The maximum absolute atomic E-state index is 12.7. The van der Waals surface area contributed by atoms with Crippen LogP contribution in [-0.4, -0.2) is 6.54 Å². The number of halogens is 3. The van der Waals surface area contributed by atoms with Crippen LogP contribution >= 0.6 is 0 Å². The van der Waals surface area contributed by atoms with E-state index in [1.165, 1.54) is 34.4 Å². The number of rotatable bonds is 5. The van der Waals surface area contributed by atoms with Crippen LogP contribution in [-0.2, 0) is 31.9 Å². The van der Waals surface area contributed by atoms with Crippen LogP contribution < -0.4 is 5.32 Å². The largest absolute Gasteiger partial charge is 0.416 e. The maximum atomic E-state index is 12.7. The summed E-state index contributed by atoms with van der Waals surface area (Å²) in [6, 6.07) is 10.5. The summed E-state index contributed by atoms with van der Waals surface area (Å²) in [6.45, 7) is 5.34. The topological polar surface area (TPSA) is 12.0 Å². The predicted octanol–water partition coefficient (Wildman–Crippen LogP) is 5.65. The summed E-state index contributed by atoms with van der Waals surface area (Å²) in [7, 11) is 0. The molecule has 0 bridgehead atoms. The smallest absolute Gasteiger partial charge is 0.310 e. The van der Waals surface area contributed by atoms with Crippen LogP contribution in [0.25, 0.3) is 0 Å². The number of alkyl halides is 3. The molecule has 1 atom stereocenters. The second kappa shape index (κ2) is 7.83. The molecule has 2 aromatic rings. The minimum Gasteiger partial charge on any atom is -0.310 e. The zero-order valence-electron chi connectivity index (χ0n) is 15.4. The van der Waals surface area contributed by atoms with E-state index >= 15 is 0 Å². The van der Waals surface area contributed by atoms with E-state index in [1.807, 2.05) is 0 Å². The summed E-state index contributed by atoms with van der Waals surface area (Å²) in [5, 5.41) is 3.59. The third kappa shape index (κ3) is 4.12. The van der Waals surface area contributed by atoms with Crippen LogP contribution in [0.3, 0.4) is 0 Å². The van der Waals surface area contributed by atoms with Crippen molar-refractivity contribution in [3.63, 3.8) is 0 Å². The van der Waals surface area contributed by atoms with Gasteiger partial charge in [0.2, 0.25) is 0 Å². The third-order valence-corrected chi connectivity index (χ3v) is 5.39. The van der Waals surface area contributed by atoms with Crippen molar-refractivity contribution in [2.24, 2.45) is 0 Å².